The lowest BCUT2D eigenvalue weighted by molar-refractivity contribution is -0.120. The second-order valence-electron chi connectivity index (χ2n) is 8.87. The Kier molecular flexibility index (Phi) is 7.56. The van der Waals surface area contributed by atoms with Crippen molar-refractivity contribution in [3.05, 3.63) is 70.1 Å². The lowest BCUT2D eigenvalue weighted by atomic mass is 9.98. The number of piperidine rings is 1. The molecular formula is C26H30N4O5S. The van der Waals surface area contributed by atoms with Crippen LogP contribution in [0.15, 0.2) is 58.2 Å². The van der Waals surface area contributed by atoms with Crippen molar-refractivity contribution in [2.75, 3.05) is 25.0 Å². The first-order valence-corrected chi connectivity index (χ1v) is 13.3. The maximum absolute atomic E-state index is 13.3. The average molecular weight is 511 g/mol. The zero-order chi connectivity index (χ0) is 25.9. The van der Waals surface area contributed by atoms with E-state index in [0.29, 0.717) is 54.5 Å². The van der Waals surface area contributed by atoms with Crippen molar-refractivity contribution >= 4 is 21.6 Å². The number of nitrogens with zero attached hydrogens (tertiary/aromatic N) is 2. The highest BCUT2D eigenvalue weighted by atomic mass is 32.2. The molecule has 1 aliphatic heterocycles. The quantitative estimate of drug-likeness (QED) is 0.502. The number of ether oxygens (including phenoxy) is 1. The van der Waals surface area contributed by atoms with Gasteiger partial charge in [0.05, 0.1) is 17.4 Å². The van der Waals surface area contributed by atoms with E-state index in [0.717, 1.165) is 5.56 Å². The van der Waals surface area contributed by atoms with Crippen molar-refractivity contribution in [3.8, 4) is 17.1 Å². The minimum Gasteiger partial charge on any atom is -0.494 e. The van der Waals surface area contributed by atoms with Crippen molar-refractivity contribution in [1.29, 1.82) is 0 Å². The molecule has 0 aliphatic carbocycles. The zero-order valence-electron chi connectivity index (χ0n) is 20.6. The van der Waals surface area contributed by atoms with Crippen LogP contribution in [-0.4, -0.2) is 48.3 Å². The third-order valence-corrected chi connectivity index (χ3v) is 7.97. The Bertz CT molecular complexity index is 1430. The number of aromatic amines is 1. The molecule has 0 unspecified atom stereocenters. The first kappa shape index (κ1) is 25.6. The summed E-state index contributed by atoms with van der Waals surface area (Å²) >= 11 is 0. The Hall–Kier alpha value is -3.50. The molecule has 0 spiro atoms. The van der Waals surface area contributed by atoms with Crippen LogP contribution in [0, 0.1) is 19.8 Å². The molecule has 1 aromatic heterocycles. The number of benzene rings is 2. The van der Waals surface area contributed by atoms with Crippen LogP contribution in [0.5, 0.6) is 5.75 Å². The van der Waals surface area contributed by atoms with E-state index in [9.17, 15) is 18.0 Å². The van der Waals surface area contributed by atoms with Crippen LogP contribution < -0.4 is 15.6 Å². The van der Waals surface area contributed by atoms with Gasteiger partial charge in [-0.15, -0.1) is 0 Å². The first-order valence-electron chi connectivity index (χ1n) is 11.9. The average Bonchev–Trinajstić information content (AvgIpc) is 2.85. The normalized spacial score (nSPS) is 16.5. The van der Waals surface area contributed by atoms with Crippen LogP contribution in [0.3, 0.4) is 0 Å². The van der Waals surface area contributed by atoms with Crippen molar-refractivity contribution in [1.82, 2.24) is 14.3 Å². The standard InChI is InChI=1S/C26H30N4O5S/c1-4-35-23-11-10-22(13-17(23)2)36(33,34)30-12-6-8-20(16-30)26(32)28-21-9-5-7-19(15-21)25-27-18(3)14-24(31)29-25/h5,7,9-11,13-15,20H,4,6,8,12,16H2,1-3H3,(H,28,32)(H,27,29,31)/t20-/m0/s1. The molecule has 1 aliphatic rings. The molecule has 10 heteroatoms. The van der Waals surface area contributed by atoms with Crippen LogP contribution in [0.2, 0.25) is 0 Å². The van der Waals surface area contributed by atoms with E-state index >= 15 is 0 Å². The number of anilines is 1. The summed E-state index contributed by atoms with van der Waals surface area (Å²) in [5.74, 6) is 0.328. The van der Waals surface area contributed by atoms with Gasteiger partial charge in [-0.3, -0.25) is 9.59 Å². The molecule has 9 nitrogen and oxygen atoms in total. The fourth-order valence-electron chi connectivity index (χ4n) is 4.33. The van der Waals surface area contributed by atoms with Gasteiger partial charge in [0, 0.05) is 36.1 Å². The molecule has 2 heterocycles. The topological polar surface area (TPSA) is 121 Å². The number of amides is 1. The van der Waals surface area contributed by atoms with E-state index in [2.05, 4.69) is 15.3 Å². The minimum absolute atomic E-state index is 0.104. The van der Waals surface area contributed by atoms with Gasteiger partial charge < -0.3 is 15.0 Å². The van der Waals surface area contributed by atoms with Crippen LogP contribution in [0.4, 0.5) is 5.69 Å². The molecule has 2 aromatic carbocycles. The number of sulfonamides is 1. The SMILES string of the molecule is CCOc1ccc(S(=O)(=O)N2CCC[C@H](C(=O)Nc3cccc(-c4nc(C)cc(=O)[nH]4)c3)C2)cc1C. The predicted octanol–water partition coefficient (Wildman–Crippen LogP) is 3.49. The Morgan fingerprint density at radius 2 is 2.00 bits per heavy atom. The van der Waals surface area contributed by atoms with E-state index in [4.69, 9.17) is 4.74 Å². The summed E-state index contributed by atoms with van der Waals surface area (Å²) in [4.78, 5) is 32.1. The molecule has 0 bridgehead atoms. The summed E-state index contributed by atoms with van der Waals surface area (Å²) < 4.78 is 33.5. The fraction of sp³-hybridized carbons (Fsp3) is 0.346. The van der Waals surface area contributed by atoms with E-state index in [1.165, 1.54) is 10.4 Å². The summed E-state index contributed by atoms with van der Waals surface area (Å²) in [6.45, 7) is 6.39. The van der Waals surface area contributed by atoms with E-state index in [1.54, 1.807) is 49.4 Å². The van der Waals surface area contributed by atoms with Crippen LogP contribution in [-0.2, 0) is 14.8 Å². The largest absolute Gasteiger partial charge is 0.494 e. The number of aryl methyl sites for hydroxylation is 2. The van der Waals surface area contributed by atoms with Gasteiger partial charge in [0.2, 0.25) is 15.9 Å². The third-order valence-electron chi connectivity index (χ3n) is 6.11. The number of H-pyrrole nitrogens is 1. The summed E-state index contributed by atoms with van der Waals surface area (Å²) in [7, 11) is -3.75. The highest BCUT2D eigenvalue weighted by Gasteiger charge is 2.33. The number of aromatic nitrogens is 2. The van der Waals surface area contributed by atoms with Gasteiger partial charge in [-0.2, -0.15) is 4.31 Å². The lowest BCUT2D eigenvalue weighted by Gasteiger charge is -2.31. The summed E-state index contributed by atoms with van der Waals surface area (Å²) in [6.07, 6.45) is 1.18. The summed E-state index contributed by atoms with van der Waals surface area (Å²) in [5, 5.41) is 2.90. The molecule has 3 aromatic rings. The molecule has 1 fully saturated rings. The van der Waals surface area contributed by atoms with E-state index in [1.807, 2.05) is 13.8 Å². The molecule has 2 N–H and O–H groups in total. The molecule has 0 saturated carbocycles. The zero-order valence-corrected chi connectivity index (χ0v) is 21.4. The molecule has 36 heavy (non-hydrogen) atoms. The van der Waals surface area contributed by atoms with E-state index < -0.39 is 15.9 Å². The van der Waals surface area contributed by atoms with Crippen molar-refractivity contribution in [3.63, 3.8) is 0 Å². The number of carbonyl (C=O) groups excluding carboxylic acids is 1. The maximum Gasteiger partial charge on any atom is 0.251 e. The van der Waals surface area contributed by atoms with Crippen molar-refractivity contribution in [2.24, 2.45) is 5.92 Å². The number of carbonyl (C=O) groups is 1. The molecule has 1 amide bonds. The second kappa shape index (κ2) is 10.6. The van der Waals surface area contributed by atoms with Crippen LogP contribution in [0.1, 0.15) is 31.0 Å². The van der Waals surface area contributed by atoms with E-state index in [-0.39, 0.29) is 22.9 Å². The van der Waals surface area contributed by atoms with Crippen LogP contribution >= 0.6 is 0 Å². The summed E-state index contributed by atoms with van der Waals surface area (Å²) in [6, 6.07) is 13.3. The van der Waals surface area contributed by atoms with Gasteiger partial charge in [-0.1, -0.05) is 12.1 Å². The third kappa shape index (κ3) is 5.66. The Morgan fingerprint density at radius 1 is 1.19 bits per heavy atom. The highest BCUT2D eigenvalue weighted by molar-refractivity contribution is 7.89. The van der Waals surface area contributed by atoms with Gasteiger partial charge in [0.15, 0.2) is 0 Å². The van der Waals surface area contributed by atoms with Gasteiger partial charge in [0.1, 0.15) is 11.6 Å². The maximum atomic E-state index is 13.3. The Labute approximate surface area is 210 Å². The summed E-state index contributed by atoms with van der Waals surface area (Å²) in [5.41, 5.74) is 2.29. The second-order valence-corrected chi connectivity index (χ2v) is 10.8. The Balaban J connectivity index is 1.48. The number of nitrogens with one attached hydrogen (secondary N) is 2. The molecule has 1 saturated heterocycles. The predicted molar refractivity (Wildman–Crippen MR) is 137 cm³/mol. The van der Waals surface area contributed by atoms with Gasteiger partial charge in [-0.05, 0) is 69.5 Å². The fourth-order valence-corrected chi connectivity index (χ4v) is 5.94. The molecule has 4 rings (SSSR count). The van der Waals surface area contributed by atoms with Gasteiger partial charge in [-0.25, -0.2) is 13.4 Å². The minimum atomic E-state index is -3.75. The smallest absolute Gasteiger partial charge is 0.251 e. The van der Waals surface area contributed by atoms with Crippen LogP contribution in [0.25, 0.3) is 11.4 Å². The highest BCUT2D eigenvalue weighted by Crippen LogP contribution is 2.28. The molecular weight excluding hydrogens is 480 g/mol. The monoisotopic (exact) mass is 510 g/mol. The van der Waals surface area contributed by atoms with Crippen molar-refractivity contribution in [2.45, 2.75) is 38.5 Å². The van der Waals surface area contributed by atoms with Crippen molar-refractivity contribution < 1.29 is 17.9 Å². The molecule has 0 radical (unpaired) electrons. The Morgan fingerprint density at radius 3 is 2.72 bits per heavy atom. The molecule has 190 valence electrons. The van der Waals surface area contributed by atoms with Gasteiger partial charge in [0.25, 0.3) is 5.56 Å². The number of rotatable bonds is 7. The van der Waals surface area contributed by atoms with Gasteiger partial charge >= 0.3 is 0 Å². The lowest BCUT2D eigenvalue weighted by Crippen LogP contribution is -2.43. The number of hydrogen-bond acceptors (Lipinski definition) is 6. The molecule has 1 atom stereocenters. The number of hydrogen-bond donors (Lipinski definition) is 2. The first-order chi connectivity index (χ1) is 17.2.